The van der Waals surface area contributed by atoms with Crippen molar-refractivity contribution in [3.8, 4) is 0 Å². The number of hydrogen-bond donors (Lipinski definition) is 1. The van der Waals surface area contributed by atoms with Crippen LogP contribution in [0.5, 0.6) is 0 Å². The van der Waals surface area contributed by atoms with E-state index in [2.05, 4.69) is 4.99 Å². The summed E-state index contributed by atoms with van der Waals surface area (Å²) in [6.45, 7) is 0. The second-order valence-electron chi connectivity index (χ2n) is 4.87. The molecule has 0 spiro atoms. The molecule has 2 N–H and O–H groups in total. The van der Waals surface area contributed by atoms with Crippen LogP contribution in [0.2, 0.25) is 0 Å². The van der Waals surface area contributed by atoms with Crippen molar-refractivity contribution in [2.75, 3.05) is 0 Å². The molecule has 96 valence electrons. The highest BCUT2D eigenvalue weighted by molar-refractivity contribution is 6.01. The number of benzene rings is 1. The highest BCUT2D eigenvalue weighted by Gasteiger charge is 2.44. The van der Waals surface area contributed by atoms with E-state index in [1.54, 1.807) is 12.4 Å². The van der Waals surface area contributed by atoms with Gasteiger partial charge in [-0.3, -0.25) is 4.99 Å². The zero-order valence-corrected chi connectivity index (χ0v) is 10.8. The van der Waals surface area contributed by atoms with E-state index in [1.165, 1.54) is 0 Å². The van der Waals surface area contributed by atoms with Gasteiger partial charge in [0.15, 0.2) is 0 Å². The Kier molecular flexibility index (Phi) is 2.24. The van der Waals surface area contributed by atoms with Crippen LogP contribution < -0.4 is 5.84 Å². The maximum Gasteiger partial charge on any atom is 0.265 e. The third-order valence-corrected chi connectivity index (χ3v) is 3.65. The third-order valence-electron chi connectivity index (χ3n) is 3.65. The van der Waals surface area contributed by atoms with Crippen LogP contribution in [0, 0.1) is 0 Å². The standard InChI is InChI=1S/C16H13N4/c17-20-10-9-18-11-14(20)15(12-7-4-8-12)19-16(20)13-5-2-1-3-6-13/h1-11H,17H2/q+1. The summed E-state index contributed by atoms with van der Waals surface area (Å²) in [5.41, 5.74) is 3.93. The normalized spacial score (nSPS) is 26.2. The summed E-state index contributed by atoms with van der Waals surface area (Å²) in [5.74, 6) is 7.39. The van der Waals surface area contributed by atoms with Gasteiger partial charge in [-0.15, -0.1) is 4.59 Å². The Bertz CT molecular complexity index is 763. The lowest BCUT2D eigenvalue weighted by Crippen LogP contribution is -2.53. The third kappa shape index (κ3) is 1.43. The number of aliphatic imine (C=N–C) groups is 2. The highest BCUT2D eigenvalue weighted by atomic mass is 15.6. The first kappa shape index (κ1) is 11.3. The molecule has 1 atom stereocenters. The van der Waals surface area contributed by atoms with Gasteiger partial charge in [0, 0.05) is 5.57 Å². The quantitative estimate of drug-likeness (QED) is 0.645. The van der Waals surface area contributed by atoms with Crippen molar-refractivity contribution in [1.29, 1.82) is 0 Å². The Labute approximate surface area is 116 Å². The van der Waals surface area contributed by atoms with Crippen LogP contribution in [0.1, 0.15) is 5.56 Å². The molecule has 0 fully saturated rings. The van der Waals surface area contributed by atoms with E-state index in [1.807, 2.05) is 54.8 Å². The molecule has 4 nitrogen and oxygen atoms in total. The van der Waals surface area contributed by atoms with Gasteiger partial charge in [-0.25, -0.2) is 0 Å². The minimum atomic E-state index is 0.0774. The largest absolute Gasteiger partial charge is 0.265 e. The summed E-state index contributed by atoms with van der Waals surface area (Å²) in [6, 6.07) is 10.0. The Hall–Kier alpha value is -2.56. The fourth-order valence-corrected chi connectivity index (χ4v) is 2.53. The molecule has 4 rings (SSSR count). The van der Waals surface area contributed by atoms with E-state index in [0.717, 1.165) is 28.4 Å². The van der Waals surface area contributed by atoms with E-state index >= 15 is 0 Å². The van der Waals surface area contributed by atoms with Crippen molar-refractivity contribution >= 4 is 12.1 Å². The SMILES string of the molecule is N[N+]12C=CN=CC1=C(C1=CC=C1)N=C2c1ccccc1. The molecule has 0 radical (unpaired) electrons. The Morgan fingerprint density at radius 1 is 1.10 bits per heavy atom. The average Bonchev–Trinajstić information content (AvgIpc) is 2.72. The smallest absolute Gasteiger partial charge is 0.253 e. The van der Waals surface area contributed by atoms with Crippen LogP contribution in [0.3, 0.4) is 0 Å². The number of rotatable bonds is 2. The molecule has 2 aliphatic heterocycles. The molecule has 1 aliphatic carbocycles. The first-order valence-electron chi connectivity index (χ1n) is 6.45. The summed E-state index contributed by atoms with van der Waals surface area (Å²) in [4.78, 5) is 8.98. The molecule has 0 saturated carbocycles. The zero-order chi connectivity index (χ0) is 13.6. The molecule has 2 heterocycles. The number of fused-ring (bicyclic) bond motifs is 1. The molecule has 0 saturated heterocycles. The minimum absolute atomic E-state index is 0.0774. The maximum atomic E-state index is 6.57. The van der Waals surface area contributed by atoms with Crippen LogP contribution in [0.4, 0.5) is 0 Å². The summed E-state index contributed by atoms with van der Waals surface area (Å²) in [7, 11) is 0. The summed E-state index contributed by atoms with van der Waals surface area (Å²) in [5, 5.41) is 0. The molecule has 1 aromatic carbocycles. The molecule has 3 aliphatic rings. The molecule has 0 aromatic heterocycles. The number of quaternary nitrogens is 1. The molecule has 0 amide bonds. The maximum absolute atomic E-state index is 6.57. The summed E-state index contributed by atoms with van der Waals surface area (Å²) >= 11 is 0. The summed E-state index contributed by atoms with van der Waals surface area (Å²) < 4.78 is 0.0774. The van der Waals surface area contributed by atoms with Gasteiger partial charge in [0.05, 0.1) is 18.0 Å². The lowest BCUT2D eigenvalue weighted by atomic mass is 10.0. The van der Waals surface area contributed by atoms with Crippen molar-refractivity contribution in [3.05, 3.63) is 83.5 Å². The van der Waals surface area contributed by atoms with Gasteiger partial charge < -0.3 is 0 Å². The Morgan fingerprint density at radius 2 is 1.90 bits per heavy atom. The summed E-state index contributed by atoms with van der Waals surface area (Å²) in [6.07, 6.45) is 11.4. The predicted octanol–water partition coefficient (Wildman–Crippen LogP) is 2.40. The van der Waals surface area contributed by atoms with Crippen LogP contribution in [0.25, 0.3) is 0 Å². The Balaban J connectivity index is 1.90. The van der Waals surface area contributed by atoms with E-state index in [9.17, 15) is 0 Å². The van der Waals surface area contributed by atoms with E-state index in [4.69, 9.17) is 10.8 Å². The fraction of sp³-hybridized carbons (Fsp3) is 0. The van der Waals surface area contributed by atoms with Crippen LogP contribution in [0.15, 0.2) is 87.9 Å². The van der Waals surface area contributed by atoms with Gasteiger partial charge >= 0.3 is 0 Å². The van der Waals surface area contributed by atoms with Crippen LogP contribution in [-0.2, 0) is 0 Å². The van der Waals surface area contributed by atoms with Crippen LogP contribution in [-0.4, -0.2) is 16.6 Å². The van der Waals surface area contributed by atoms with E-state index in [0.29, 0.717) is 0 Å². The number of hydrogen-bond acceptors (Lipinski definition) is 3. The number of nitrogens with two attached hydrogens (primary N) is 1. The Morgan fingerprint density at radius 3 is 2.60 bits per heavy atom. The number of amidine groups is 1. The number of allylic oxidation sites excluding steroid dienone is 4. The highest BCUT2D eigenvalue weighted by Crippen LogP contribution is 2.35. The second-order valence-corrected chi connectivity index (χ2v) is 4.87. The van der Waals surface area contributed by atoms with Gasteiger partial charge in [0.1, 0.15) is 11.9 Å². The van der Waals surface area contributed by atoms with Crippen LogP contribution >= 0.6 is 0 Å². The zero-order valence-electron chi connectivity index (χ0n) is 10.8. The molecular weight excluding hydrogens is 248 g/mol. The average molecular weight is 261 g/mol. The molecule has 4 heteroatoms. The van der Waals surface area contributed by atoms with Gasteiger partial charge in [0.25, 0.3) is 5.84 Å². The molecule has 0 bridgehead atoms. The van der Waals surface area contributed by atoms with Crippen molar-refractivity contribution in [2.24, 2.45) is 15.8 Å². The van der Waals surface area contributed by atoms with Crippen molar-refractivity contribution in [2.45, 2.75) is 0 Å². The molecule has 20 heavy (non-hydrogen) atoms. The van der Waals surface area contributed by atoms with Gasteiger partial charge in [-0.05, 0) is 12.1 Å². The number of nitrogens with zero attached hydrogens (tertiary/aromatic N) is 3. The van der Waals surface area contributed by atoms with Gasteiger partial charge in [-0.2, -0.15) is 10.8 Å². The van der Waals surface area contributed by atoms with Gasteiger partial charge in [-0.1, -0.05) is 36.4 Å². The van der Waals surface area contributed by atoms with Crippen molar-refractivity contribution < 1.29 is 4.59 Å². The van der Waals surface area contributed by atoms with E-state index < -0.39 is 0 Å². The topological polar surface area (TPSA) is 50.7 Å². The van der Waals surface area contributed by atoms with E-state index in [-0.39, 0.29) is 4.59 Å². The second kappa shape index (κ2) is 3.96. The molecule has 1 unspecified atom stereocenters. The first-order valence-corrected chi connectivity index (χ1v) is 6.45. The molecular formula is C16H13N4+. The first-order chi connectivity index (χ1) is 9.79. The molecule has 1 aromatic rings. The lowest BCUT2D eigenvalue weighted by molar-refractivity contribution is -0.750. The minimum Gasteiger partial charge on any atom is -0.253 e. The van der Waals surface area contributed by atoms with Crippen molar-refractivity contribution in [1.82, 2.24) is 0 Å². The monoisotopic (exact) mass is 261 g/mol. The van der Waals surface area contributed by atoms with Gasteiger partial charge in [0.2, 0.25) is 5.70 Å². The lowest BCUT2D eigenvalue weighted by Gasteiger charge is -2.26. The predicted molar refractivity (Wildman–Crippen MR) is 79.3 cm³/mol. The van der Waals surface area contributed by atoms with Crippen molar-refractivity contribution in [3.63, 3.8) is 0 Å². The fourth-order valence-electron chi connectivity index (χ4n) is 2.53.